The molecule has 4 rings (SSSR count). The number of aliphatic carboxylic acids is 1. The Morgan fingerprint density at radius 1 is 0.938 bits per heavy atom. The molecule has 0 aromatic carbocycles. The lowest BCUT2D eigenvalue weighted by Crippen LogP contribution is -2.58. The molecular weight excluding hydrogens is 404 g/mol. The number of fused-ring (bicyclic) bond motifs is 5. The molecule has 0 aromatic rings. The van der Waals surface area contributed by atoms with Crippen LogP contribution in [0.3, 0.4) is 0 Å². The van der Waals surface area contributed by atoms with Gasteiger partial charge >= 0.3 is 5.97 Å². The highest BCUT2D eigenvalue weighted by molar-refractivity contribution is 5.70. The molecule has 32 heavy (non-hydrogen) atoms. The standard InChI is InChI=1S/C27H46O5/c1-15(5-8-22(29)16(2)25(31)32)19-6-7-20-24-21(10-12-27(19,20)4)26(3)11-9-18(28)13-17(26)14-23(24)30/h15-24,28-30H,5-14H2,1-4H3,(H,31,32)/t15-,16-,17+,18-,19-,20+,21+,22-,23-,24?,26+,27-/m1/s1. The van der Waals surface area contributed by atoms with Crippen molar-refractivity contribution in [2.24, 2.45) is 52.3 Å². The maximum Gasteiger partial charge on any atom is 0.308 e. The quantitative estimate of drug-likeness (QED) is 0.478. The summed E-state index contributed by atoms with van der Waals surface area (Å²) in [6, 6.07) is 0. The van der Waals surface area contributed by atoms with Gasteiger partial charge in [0.15, 0.2) is 0 Å². The first-order valence-corrected chi connectivity index (χ1v) is 13.3. The van der Waals surface area contributed by atoms with E-state index in [1.54, 1.807) is 6.92 Å². The van der Waals surface area contributed by atoms with Crippen LogP contribution in [0.1, 0.15) is 91.9 Å². The zero-order valence-corrected chi connectivity index (χ0v) is 20.5. The van der Waals surface area contributed by atoms with Crippen LogP contribution in [0, 0.1) is 52.3 Å². The normalized spacial score (nSPS) is 48.8. The Labute approximate surface area is 194 Å². The van der Waals surface area contributed by atoms with E-state index in [1.165, 1.54) is 25.7 Å². The van der Waals surface area contributed by atoms with Crippen molar-refractivity contribution in [1.29, 1.82) is 0 Å². The summed E-state index contributed by atoms with van der Waals surface area (Å²) in [7, 11) is 0. The average Bonchev–Trinajstić information content (AvgIpc) is 3.09. The molecule has 0 saturated heterocycles. The fourth-order valence-corrected chi connectivity index (χ4v) is 9.22. The fraction of sp³-hybridized carbons (Fsp3) is 0.963. The van der Waals surface area contributed by atoms with Gasteiger partial charge in [-0.2, -0.15) is 0 Å². The van der Waals surface area contributed by atoms with E-state index in [4.69, 9.17) is 0 Å². The maximum atomic E-state index is 11.3. The molecule has 4 aliphatic carbocycles. The number of carboxylic acid groups (broad SMARTS) is 1. The van der Waals surface area contributed by atoms with Gasteiger partial charge in [-0.1, -0.05) is 20.8 Å². The van der Waals surface area contributed by atoms with Crippen molar-refractivity contribution in [1.82, 2.24) is 0 Å². The zero-order valence-electron chi connectivity index (χ0n) is 20.5. The van der Waals surface area contributed by atoms with Gasteiger partial charge in [0.25, 0.3) is 0 Å². The van der Waals surface area contributed by atoms with Gasteiger partial charge in [0.1, 0.15) is 0 Å². The average molecular weight is 451 g/mol. The highest BCUT2D eigenvalue weighted by atomic mass is 16.4. The Hall–Kier alpha value is -0.650. The minimum absolute atomic E-state index is 0.193. The topological polar surface area (TPSA) is 98.0 Å². The lowest BCUT2D eigenvalue weighted by Gasteiger charge is -2.62. The van der Waals surface area contributed by atoms with E-state index in [0.717, 1.165) is 32.1 Å². The lowest BCUT2D eigenvalue weighted by atomic mass is 9.43. The summed E-state index contributed by atoms with van der Waals surface area (Å²) in [6.45, 7) is 8.80. The maximum absolute atomic E-state index is 11.3. The van der Waals surface area contributed by atoms with E-state index in [-0.39, 0.29) is 23.0 Å². The fourth-order valence-electron chi connectivity index (χ4n) is 9.22. The van der Waals surface area contributed by atoms with Crippen LogP contribution in [0.5, 0.6) is 0 Å². The molecule has 5 heteroatoms. The van der Waals surface area contributed by atoms with Crippen LogP contribution in [0.25, 0.3) is 0 Å². The van der Waals surface area contributed by atoms with Crippen molar-refractivity contribution in [2.75, 3.05) is 0 Å². The zero-order chi connectivity index (χ0) is 23.4. The number of aliphatic hydroxyl groups excluding tert-OH is 3. The van der Waals surface area contributed by atoms with Gasteiger partial charge in [0, 0.05) is 0 Å². The molecule has 0 radical (unpaired) electrons. The summed E-state index contributed by atoms with van der Waals surface area (Å²) in [6.07, 6.45) is 8.64. The second-order valence-electron chi connectivity index (χ2n) is 12.7. The van der Waals surface area contributed by atoms with E-state index in [9.17, 15) is 25.2 Å². The second kappa shape index (κ2) is 8.85. The molecule has 0 heterocycles. The summed E-state index contributed by atoms with van der Waals surface area (Å²) in [5, 5.41) is 41.1. The molecule has 12 atom stereocenters. The highest BCUT2D eigenvalue weighted by Gasteiger charge is 2.62. The third-order valence-corrected chi connectivity index (χ3v) is 11.3. The molecule has 4 aliphatic rings. The molecule has 4 fully saturated rings. The van der Waals surface area contributed by atoms with Crippen LogP contribution < -0.4 is 0 Å². The van der Waals surface area contributed by atoms with Crippen molar-refractivity contribution in [3.8, 4) is 0 Å². The van der Waals surface area contributed by atoms with Gasteiger partial charge in [0.05, 0.1) is 24.2 Å². The molecule has 1 unspecified atom stereocenters. The predicted molar refractivity (Wildman–Crippen MR) is 124 cm³/mol. The molecule has 0 aromatic heterocycles. The number of carboxylic acids is 1. The first-order valence-electron chi connectivity index (χ1n) is 13.3. The third kappa shape index (κ3) is 3.94. The molecule has 5 nitrogen and oxygen atoms in total. The van der Waals surface area contributed by atoms with Crippen molar-refractivity contribution in [3.05, 3.63) is 0 Å². The number of carbonyl (C=O) groups is 1. The molecule has 0 bridgehead atoms. The molecule has 0 aliphatic heterocycles. The molecule has 0 amide bonds. The van der Waals surface area contributed by atoms with Gasteiger partial charge in [-0.3, -0.25) is 4.79 Å². The van der Waals surface area contributed by atoms with Gasteiger partial charge in [-0.15, -0.1) is 0 Å². The highest BCUT2D eigenvalue weighted by Crippen LogP contribution is 2.68. The largest absolute Gasteiger partial charge is 0.481 e. The molecular formula is C27H46O5. The number of hydrogen-bond acceptors (Lipinski definition) is 4. The Balaban J connectivity index is 1.47. The first kappa shape index (κ1) is 24.5. The number of hydrogen-bond donors (Lipinski definition) is 4. The predicted octanol–water partition coefficient (Wildman–Crippen LogP) is 4.47. The van der Waals surface area contributed by atoms with Gasteiger partial charge in [-0.25, -0.2) is 0 Å². The van der Waals surface area contributed by atoms with Crippen LogP contribution in [0.4, 0.5) is 0 Å². The van der Waals surface area contributed by atoms with Gasteiger partial charge < -0.3 is 20.4 Å². The summed E-state index contributed by atoms with van der Waals surface area (Å²) in [5.41, 5.74) is 0.480. The number of aliphatic hydroxyl groups is 3. The van der Waals surface area contributed by atoms with E-state index >= 15 is 0 Å². The smallest absolute Gasteiger partial charge is 0.308 e. The molecule has 4 N–H and O–H groups in total. The minimum Gasteiger partial charge on any atom is -0.481 e. The summed E-state index contributed by atoms with van der Waals surface area (Å²) >= 11 is 0. The lowest BCUT2D eigenvalue weighted by molar-refractivity contribution is -0.174. The monoisotopic (exact) mass is 450 g/mol. The Bertz CT molecular complexity index is 696. The summed E-state index contributed by atoms with van der Waals surface area (Å²) in [5.74, 6) is 1.32. The molecule has 4 saturated carbocycles. The van der Waals surface area contributed by atoms with E-state index in [0.29, 0.717) is 41.9 Å². The SMILES string of the molecule is C[C@H](CC[C@@H](O)[C@@H](C)C(=O)O)[C@H]1CC[C@H]2C3[C@H](O)C[C@@H]4C[C@H](O)CC[C@]4(C)[C@H]3CC[C@]12C. The first-order chi connectivity index (χ1) is 15.0. The summed E-state index contributed by atoms with van der Waals surface area (Å²) < 4.78 is 0. The van der Waals surface area contributed by atoms with Crippen molar-refractivity contribution >= 4 is 5.97 Å². The van der Waals surface area contributed by atoms with Crippen LogP contribution in [-0.2, 0) is 4.79 Å². The Kier molecular flexibility index (Phi) is 6.77. The minimum atomic E-state index is -0.926. The second-order valence-corrected chi connectivity index (χ2v) is 12.7. The van der Waals surface area contributed by atoms with Gasteiger partial charge in [0.2, 0.25) is 0 Å². The Morgan fingerprint density at radius 2 is 1.59 bits per heavy atom. The van der Waals surface area contributed by atoms with Crippen LogP contribution >= 0.6 is 0 Å². The van der Waals surface area contributed by atoms with E-state index < -0.39 is 18.0 Å². The van der Waals surface area contributed by atoms with Crippen LogP contribution in [0.2, 0.25) is 0 Å². The number of rotatable bonds is 6. The van der Waals surface area contributed by atoms with Crippen molar-refractivity contribution in [3.63, 3.8) is 0 Å². The van der Waals surface area contributed by atoms with Crippen LogP contribution in [0.15, 0.2) is 0 Å². The van der Waals surface area contributed by atoms with Crippen LogP contribution in [-0.4, -0.2) is 44.7 Å². The third-order valence-electron chi connectivity index (χ3n) is 11.3. The van der Waals surface area contributed by atoms with Gasteiger partial charge in [-0.05, 0) is 117 Å². The van der Waals surface area contributed by atoms with Crippen molar-refractivity contribution < 1.29 is 25.2 Å². The van der Waals surface area contributed by atoms with Crippen molar-refractivity contribution in [2.45, 2.75) is 110 Å². The molecule has 0 spiro atoms. The van der Waals surface area contributed by atoms with E-state index in [2.05, 4.69) is 20.8 Å². The Morgan fingerprint density at radius 3 is 2.28 bits per heavy atom. The molecule has 184 valence electrons. The summed E-state index contributed by atoms with van der Waals surface area (Å²) in [4.78, 5) is 11.2. The van der Waals surface area contributed by atoms with E-state index in [1.807, 2.05) is 0 Å².